The van der Waals surface area contributed by atoms with Gasteiger partial charge in [-0.2, -0.15) is 4.52 Å². The SMILES string of the molecule is CN(CC(=O)NC[C@@H]1CCCO1)c1nn2c(NC(C)(C)C)c(-c3ccccc3)nc2s1. The number of aromatic nitrogens is 3. The molecule has 1 aliphatic rings. The first-order chi connectivity index (χ1) is 14.8. The minimum atomic E-state index is -0.155. The van der Waals surface area contributed by atoms with Crippen molar-refractivity contribution in [2.24, 2.45) is 0 Å². The Hall–Kier alpha value is -2.65. The maximum Gasteiger partial charge on any atom is 0.239 e. The van der Waals surface area contributed by atoms with Gasteiger partial charge in [0.25, 0.3) is 0 Å². The molecule has 0 aliphatic carbocycles. The predicted molar refractivity (Wildman–Crippen MR) is 125 cm³/mol. The molecule has 1 fully saturated rings. The molecule has 0 bridgehead atoms. The zero-order valence-electron chi connectivity index (χ0n) is 18.5. The van der Waals surface area contributed by atoms with E-state index < -0.39 is 0 Å². The van der Waals surface area contributed by atoms with Gasteiger partial charge >= 0.3 is 0 Å². The molecule has 9 heteroatoms. The molecule has 0 unspecified atom stereocenters. The number of hydrogen-bond acceptors (Lipinski definition) is 7. The summed E-state index contributed by atoms with van der Waals surface area (Å²) in [5, 5.41) is 12.0. The van der Waals surface area contributed by atoms with E-state index in [1.807, 2.05) is 46.8 Å². The summed E-state index contributed by atoms with van der Waals surface area (Å²) >= 11 is 1.47. The van der Waals surface area contributed by atoms with E-state index in [0.717, 1.165) is 46.6 Å². The Morgan fingerprint density at radius 1 is 1.32 bits per heavy atom. The molecule has 0 saturated carbocycles. The van der Waals surface area contributed by atoms with Gasteiger partial charge in [0.1, 0.15) is 5.69 Å². The number of carbonyl (C=O) groups excluding carboxylic acids is 1. The smallest absolute Gasteiger partial charge is 0.239 e. The summed E-state index contributed by atoms with van der Waals surface area (Å²) in [7, 11) is 1.87. The Labute approximate surface area is 186 Å². The fraction of sp³-hybridized carbons (Fsp3) is 0.500. The number of ether oxygens (including phenoxy) is 1. The van der Waals surface area contributed by atoms with Crippen molar-refractivity contribution in [3.63, 3.8) is 0 Å². The van der Waals surface area contributed by atoms with Gasteiger partial charge in [0.2, 0.25) is 16.0 Å². The number of fused-ring (bicyclic) bond motifs is 1. The highest BCUT2D eigenvalue weighted by Crippen LogP contribution is 2.34. The lowest BCUT2D eigenvalue weighted by Gasteiger charge is -2.22. The van der Waals surface area contributed by atoms with Crippen molar-refractivity contribution in [3.8, 4) is 11.3 Å². The van der Waals surface area contributed by atoms with Crippen molar-refractivity contribution < 1.29 is 9.53 Å². The second kappa shape index (κ2) is 8.84. The van der Waals surface area contributed by atoms with Gasteiger partial charge in [-0.25, -0.2) is 4.98 Å². The van der Waals surface area contributed by atoms with Gasteiger partial charge in [0.05, 0.1) is 12.6 Å². The van der Waals surface area contributed by atoms with Crippen LogP contribution < -0.4 is 15.5 Å². The third kappa shape index (κ3) is 5.16. The average Bonchev–Trinajstić information content (AvgIpc) is 3.44. The number of benzene rings is 1. The van der Waals surface area contributed by atoms with Crippen LogP contribution in [0.3, 0.4) is 0 Å². The first-order valence-electron chi connectivity index (χ1n) is 10.6. The number of rotatable bonds is 7. The van der Waals surface area contributed by atoms with E-state index in [-0.39, 0.29) is 24.1 Å². The second-order valence-corrected chi connectivity index (χ2v) is 9.86. The van der Waals surface area contributed by atoms with Gasteiger partial charge in [-0.3, -0.25) is 4.79 Å². The van der Waals surface area contributed by atoms with Gasteiger partial charge < -0.3 is 20.3 Å². The van der Waals surface area contributed by atoms with Crippen LogP contribution in [0, 0.1) is 0 Å². The molecule has 3 aromatic rings. The van der Waals surface area contributed by atoms with E-state index >= 15 is 0 Å². The summed E-state index contributed by atoms with van der Waals surface area (Å²) in [6.07, 6.45) is 2.21. The highest BCUT2D eigenvalue weighted by molar-refractivity contribution is 7.20. The molecule has 2 aromatic heterocycles. The van der Waals surface area contributed by atoms with Crippen LogP contribution in [0.2, 0.25) is 0 Å². The van der Waals surface area contributed by atoms with Crippen LogP contribution in [-0.4, -0.2) is 58.9 Å². The summed E-state index contributed by atoms with van der Waals surface area (Å²) in [6, 6.07) is 10.1. The van der Waals surface area contributed by atoms with Crippen LogP contribution in [0.4, 0.5) is 10.9 Å². The Morgan fingerprint density at radius 2 is 2.10 bits per heavy atom. The second-order valence-electron chi connectivity index (χ2n) is 8.92. The predicted octanol–water partition coefficient (Wildman–Crippen LogP) is 3.40. The minimum absolute atomic E-state index is 0.0381. The molecule has 2 N–H and O–H groups in total. The third-order valence-corrected chi connectivity index (χ3v) is 6.01. The molecule has 1 atom stereocenters. The quantitative estimate of drug-likeness (QED) is 0.584. The van der Waals surface area contributed by atoms with Crippen LogP contribution in [0.5, 0.6) is 0 Å². The topological polar surface area (TPSA) is 83.8 Å². The zero-order valence-corrected chi connectivity index (χ0v) is 19.3. The molecular weight excluding hydrogens is 412 g/mol. The van der Waals surface area contributed by atoms with Gasteiger partial charge in [-0.15, -0.1) is 5.10 Å². The number of anilines is 2. The Morgan fingerprint density at radius 3 is 2.77 bits per heavy atom. The number of carbonyl (C=O) groups is 1. The van der Waals surface area contributed by atoms with Gasteiger partial charge in [0.15, 0.2) is 5.82 Å². The lowest BCUT2D eigenvalue weighted by Crippen LogP contribution is -2.38. The van der Waals surface area contributed by atoms with Crippen LogP contribution in [0.15, 0.2) is 30.3 Å². The first kappa shape index (κ1) is 21.6. The van der Waals surface area contributed by atoms with Gasteiger partial charge in [-0.1, -0.05) is 41.7 Å². The van der Waals surface area contributed by atoms with Crippen molar-refractivity contribution >= 4 is 33.2 Å². The minimum Gasteiger partial charge on any atom is -0.376 e. The molecule has 1 amide bonds. The summed E-state index contributed by atoms with van der Waals surface area (Å²) in [5.41, 5.74) is 1.75. The molecule has 0 radical (unpaired) electrons. The standard InChI is InChI=1S/C22H30N6O2S/c1-22(2,3)25-19-18(15-9-6-5-7-10-15)24-20-28(19)26-21(31-20)27(4)14-17(29)23-13-16-11-8-12-30-16/h5-7,9-10,16,25H,8,11-14H2,1-4H3,(H,23,29)/t16-/m0/s1. The zero-order chi connectivity index (χ0) is 22.0. The molecule has 4 rings (SSSR count). The number of amides is 1. The Bertz CT molecular complexity index is 1030. The largest absolute Gasteiger partial charge is 0.376 e. The fourth-order valence-electron chi connectivity index (χ4n) is 3.53. The van der Waals surface area contributed by atoms with E-state index in [4.69, 9.17) is 14.8 Å². The maximum absolute atomic E-state index is 12.4. The van der Waals surface area contributed by atoms with Crippen LogP contribution in [0.1, 0.15) is 33.6 Å². The molecule has 8 nitrogen and oxygen atoms in total. The highest BCUT2D eigenvalue weighted by atomic mass is 32.1. The summed E-state index contributed by atoms with van der Waals surface area (Å²) in [4.78, 5) is 19.9. The fourth-order valence-corrected chi connectivity index (χ4v) is 4.39. The van der Waals surface area contributed by atoms with Crippen LogP contribution in [0.25, 0.3) is 16.2 Å². The summed E-state index contributed by atoms with van der Waals surface area (Å²) in [5.74, 6) is 0.816. The van der Waals surface area contributed by atoms with Gasteiger partial charge in [0, 0.05) is 31.3 Å². The lowest BCUT2D eigenvalue weighted by atomic mass is 10.1. The third-order valence-electron chi connectivity index (χ3n) is 4.99. The molecular formula is C22H30N6O2S. The van der Waals surface area contributed by atoms with E-state index in [1.54, 1.807) is 0 Å². The van der Waals surface area contributed by atoms with Crippen molar-refractivity contribution in [2.75, 3.05) is 37.0 Å². The van der Waals surface area contributed by atoms with Crippen molar-refractivity contribution in [1.82, 2.24) is 19.9 Å². The first-order valence-corrected chi connectivity index (χ1v) is 11.4. The lowest BCUT2D eigenvalue weighted by molar-refractivity contribution is -0.120. The van der Waals surface area contributed by atoms with Gasteiger partial charge in [-0.05, 0) is 33.6 Å². The molecule has 31 heavy (non-hydrogen) atoms. The number of nitrogens with zero attached hydrogens (tertiary/aromatic N) is 4. The Balaban J connectivity index is 1.53. The average molecular weight is 443 g/mol. The highest BCUT2D eigenvalue weighted by Gasteiger charge is 2.23. The normalized spacial score (nSPS) is 16.6. The van der Waals surface area contributed by atoms with Crippen LogP contribution >= 0.6 is 11.3 Å². The number of likely N-dealkylation sites (N-methyl/N-ethyl adjacent to an activating group) is 1. The molecule has 1 saturated heterocycles. The number of nitrogens with one attached hydrogen (secondary N) is 2. The molecule has 3 heterocycles. The van der Waals surface area contributed by atoms with E-state index in [0.29, 0.717) is 6.54 Å². The summed E-state index contributed by atoms with van der Waals surface area (Å²) in [6.45, 7) is 7.91. The van der Waals surface area contributed by atoms with E-state index in [2.05, 4.69) is 31.4 Å². The summed E-state index contributed by atoms with van der Waals surface area (Å²) < 4.78 is 7.41. The number of imidazole rings is 1. The maximum atomic E-state index is 12.4. The molecule has 166 valence electrons. The number of hydrogen-bond donors (Lipinski definition) is 2. The molecule has 1 aromatic carbocycles. The monoisotopic (exact) mass is 442 g/mol. The Kier molecular flexibility index (Phi) is 6.15. The molecule has 0 spiro atoms. The van der Waals surface area contributed by atoms with Crippen molar-refractivity contribution in [1.29, 1.82) is 0 Å². The van der Waals surface area contributed by atoms with E-state index in [1.165, 1.54) is 11.3 Å². The molecule has 1 aliphatic heterocycles. The van der Waals surface area contributed by atoms with Crippen molar-refractivity contribution in [3.05, 3.63) is 30.3 Å². The van der Waals surface area contributed by atoms with E-state index in [9.17, 15) is 4.79 Å². The van der Waals surface area contributed by atoms with Crippen LogP contribution in [-0.2, 0) is 9.53 Å². The van der Waals surface area contributed by atoms with Crippen molar-refractivity contribution in [2.45, 2.75) is 45.3 Å².